The fraction of sp³-hybridized carbons (Fsp3) is 0.118. The van der Waals surface area contributed by atoms with Crippen LogP contribution < -0.4 is 14.2 Å². The molecule has 0 aliphatic carbocycles. The molecule has 0 N–H and O–H groups in total. The molecule has 0 aromatic heterocycles. The van der Waals surface area contributed by atoms with E-state index in [0.717, 1.165) is 9.13 Å². The van der Waals surface area contributed by atoms with Gasteiger partial charge in [0, 0.05) is 15.7 Å². The van der Waals surface area contributed by atoms with Crippen LogP contribution in [0.4, 0.5) is 0 Å². The normalized spacial score (nSPS) is 14.7. The summed E-state index contributed by atoms with van der Waals surface area (Å²) in [5, 5.41) is 0. The number of hydrogen-bond donors (Lipinski definition) is 0. The molecule has 0 atom stereocenters. The highest BCUT2D eigenvalue weighted by molar-refractivity contribution is 14.1. The molecule has 112 valence electrons. The maximum atomic E-state index is 12.5. The lowest BCUT2D eigenvalue weighted by Gasteiger charge is -2.07. The molecule has 0 bridgehead atoms. The van der Waals surface area contributed by atoms with E-state index in [0.29, 0.717) is 22.8 Å². The number of carbonyl (C=O) groups excluding carboxylic acids is 1. The number of allylic oxidation sites excluding steroid dienone is 1. The highest BCUT2D eigenvalue weighted by Crippen LogP contribution is 2.41. The van der Waals surface area contributed by atoms with E-state index in [1.54, 1.807) is 25.3 Å². The van der Waals surface area contributed by atoms with E-state index in [2.05, 4.69) is 22.6 Å². The average molecular weight is 408 g/mol. The Morgan fingerprint density at radius 2 is 1.82 bits per heavy atom. The molecule has 0 unspecified atom stereocenters. The minimum Gasteiger partial charge on any atom is -0.496 e. The van der Waals surface area contributed by atoms with Gasteiger partial charge in [-0.15, -0.1) is 0 Å². The van der Waals surface area contributed by atoms with Gasteiger partial charge in [0.1, 0.15) is 22.8 Å². The lowest BCUT2D eigenvalue weighted by molar-refractivity contribution is 0.101. The lowest BCUT2D eigenvalue weighted by Crippen LogP contribution is -2.00. The van der Waals surface area contributed by atoms with E-state index < -0.39 is 0 Å². The van der Waals surface area contributed by atoms with Crippen molar-refractivity contribution in [3.05, 3.63) is 56.9 Å². The number of hydrogen-bond acceptors (Lipinski definition) is 4. The third-order valence-corrected chi connectivity index (χ3v) is 4.05. The quantitative estimate of drug-likeness (QED) is 0.571. The zero-order valence-corrected chi connectivity index (χ0v) is 14.2. The Hall–Kier alpha value is -2.02. The predicted octanol–water partition coefficient (Wildman–Crippen LogP) is 3.92. The van der Waals surface area contributed by atoms with Gasteiger partial charge in [-0.2, -0.15) is 0 Å². The first-order chi connectivity index (χ1) is 10.6. The van der Waals surface area contributed by atoms with Crippen molar-refractivity contribution in [2.75, 3.05) is 14.2 Å². The molecule has 0 spiro atoms. The number of Topliss-reactive ketones (excluding diaryl/α,β-unsaturated/α-hetero) is 1. The summed E-state index contributed by atoms with van der Waals surface area (Å²) in [4.78, 5) is 12.5. The second-order valence-electron chi connectivity index (χ2n) is 4.69. The molecule has 2 aromatic rings. The van der Waals surface area contributed by atoms with Crippen LogP contribution in [0, 0.1) is 3.57 Å². The monoisotopic (exact) mass is 408 g/mol. The van der Waals surface area contributed by atoms with Gasteiger partial charge in [0.2, 0.25) is 5.78 Å². The van der Waals surface area contributed by atoms with E-state index in [9.17, 15) is 4.79 Å². The minimum absolute atomic E-state index is 0.187. The predicted molar refractivity (Wildman–Crippen MR) is 91.6 cm³/mol. The Labute approximate surface area is 141 Å². The van der Waals surface area contributed by atoms with Crippen molar-refractivity contribution in [3.8, 4) is 17.2 Å². The highest BCUT2D eigenvalue weighted by Gasteiger charge is 2.32. The second-order valence-corrected chi connectivity index (χ2v) is 5.94. The van der Waals surface area contributed by atoms with E-state index >= 15 is 0 Å². The van der Waals surface area contributed by atoms with Gasteiger partial charge in [0.05, 0.1) is 14.2 Å². The van der Waals surface area contributed by atoms with Gasteiger partial charge in [0.25, 0.3) is 0 Å². The molecule has 22 heavy (non-hydrogen) atoms. The summed E-state index contributed by atoms with van der Waals surface area (Å²) in [5.41, 5.74) is 1.34. The minimum atomic E-state index is -0.187. The molecule has 0 radical (unpaired) electrons. The van der Waals surface area contributed by atoms with Crippen LogP contribution in [-0.2, 0) is 0 Å². The maximum Gasteiger partial charge on any atom is 0.235 e. The first kappa shape index (κ1) is 14.9. The number of ether oxygens (including phenoxy) is 3. The van der Waals surface area contributed by atoms with E-state index in [1.165, 1.54) is 7.11 Å². The van der Waals surface area contributed by atoms with Gasteiger partial charge in [-0.05, 0) is 46.4 Å². The first-order valence-corrected chi connectivity index (χ1v) is 7.66. The zero-order valence-electron chi connectivity index (χ0n) is 12.1. The largest absolute Gasteiger partial charge is 0.496 e. The van der Waals surface area contributed by atoms with Crippen LogP contribution in [0.2, 0.25) is 0 Å². The second kappa shape index (κ2) is 6.00. The molecule has 1 heterocycles. The van der Waals surface area contributed by atoms with Crippen LogP contribution in [0.3, 0.4) is 0 Å². The lowest BCUT2D eigenvalue weighted by atomic mass is 10.1. The van der Waals surface area contributed by atoms with E-state index in [1.807, 2.05) is 24.3 Å². The van der Waals surface area contributed by atoms with Crippen molar-refractivity contribution in [2.45, 2.75) is 0 Å². The molecule has 1 aliphatic rings. The number of rotatable bonds is 3. The van der Waals surface area contributed by atoms with Crippen molar-refractivity contribution in [1.82, 2.24) is 0 Å². The van der Waals surface area contributed by atoms with Gasteiger partial charge in [-0.1, -0.05) is 12.1 Å². The van der Waals surface area contributed by atoms with E-state index in [-0.39, 0.29) is 11.5 Å². The van der Waals surface area contributed by atoms with E-state index in [4.69, 9.17) is 14.2 Å². The molecular weight excluding hydrogens is 395 g/mol. The molecule has 0 amide bonds. The summed E-state index contributed by atoms with van der Waals surface area (Å²) >= 11 is 2.23. The first-order valence-electron chi connectivity index (χ1n) is 6.58. The summed E-state index contributed by atoms with van der Waals surface area (Å²) in [6.45, 7) is 0. The summed E-state index contributed by atoms with van der Waals surface area (Å²) in [7, 11) is 3.07. The van der Waals surface area contributed by atoms with Crippen molar-refractivity contribution in [3.63, 3.8) is 0 Å². The Morgan fingerprint density at radius 1 is 1.09 bits per heavy atom. The van der Waals surface area contributed by atoms with Crippen molar-refractivity contribution in [2.24, 2.45) is 0 Å². The average Bonchev–Trinajstić information content (AvgIpc) is 2.85. The van der Waals surface area contributed by atoms with Crippen molar-refractivity contribution < 1.29 is 19.0 Å². The summed E-state index contributed by atoms with van der Waals surface area (Å²) in [5.74, 6) is 1.58. The molecule has 0 saturated carbocycles. The smallest absolute Gasteiger partial charge is 0.235 e. The van der Waals surface area contributed by atoms with Gasteiger partial charge in [-0.3, -0.25) is 4.79 Å². The van der Waals surface area contributed by atoms with Crippen LogP contribution >= 0.6 is 22.6 Å². The Morgan fingerprint density at radius 3 is 2.45 bits per heavy atom. The number of ketones is 1. The van der Waals surface area contributed by atoms with Gasteiger partial charge in [-0.25, -0.2) is 0 Å². The summed E-state index contributed by atoms with van der Waals surface area (Å²) in [6.07, 6.45) is 1.73. The number of carbonyl (C=O) groups is 1. The summed E-state index contributed by atoms with van der Waals surface area (Å²) < 4.78 is 17.3. The molecular formula is C17H13IO4. The fourth-order valence-electron chi connectivity index (χ4n) is 2.24. The Balaban J connectivity index is 2.02. The highest BCUT2D eigenvalue weighted by atomic mass is 127. The van der Waals surface area contributed by atoms with Gasteiger partial charge < -0.3 is 14.2 Å². The topological polar surface area (TPSA) is 44.8 Å². The standard InChI is InChI=1S/C17H13IO4/c1-20-12-8-13(21-2)16-14(9-12)22-15(17(16)19)7-10-3-5-11(18)6-4-10/h3-9H,1-2H3/b15-7-. The number of fused-ring (bicyclic) bond motifs is 1. The van der Waals surface area contributed by atoms with Crippen molar-refractivity contribution >= 4 is 34.5 Å². The number of methoxy groups -OCH3 is 2. The molecule has 1 aliphatic heterocycles. The molecule has 0 saturated heterocycles. The van der Waals surface area contributed by atoms with Crippen LogP contribution in [-0.4, -0.2) is 20.0 Å². The number of benzene rings is 2. The SMILES string of the molecule is COc1cc(OC)c2c(c1)O/C(=C\c1ccc(I)cc1)C2=O. The summed E-state index contributed by atoms with van der Waals surface area (Å²) in [6, 6.07) is 11.2. The molecule has 4 nitrogen and oxygen atoms in total. The molecule has 5 heteroatoms. The van der Waals surface area contributed by atoms with Crippen LogP contribution in [0.5, 0.6) is 17.2 Å². The molecule has 2 aromatic carbocycles. The van der Waals surface area contributed by atoms with Crippen molar-refractivity contribution in [1.29, 1.82) is 0 Å². The zero-order chi connectivity index (χ0) is 15.7. The molecule has 0 fully saturated rings. The van der Waals surface area contributed by atoms with Crippen LogP contribution in [0.15, 0.2) is 42.2 Å². The van der Waals surface area contributed by atoms with Gasteiger partial charge in [0.15, 0.2) is 5.76 Å². The van der Waals surface area contributed by atoms with Crippen LogP contribution in [0.1, 0.15) is 15.9 Å². The Kier molecular flexibility index (Phi) is 4.06. The van der Waals surface area contributed by atoms with Gasteiger partial charge >= 0.3 is 0 Å². The molecule has 3 rings (SSSR count). The third-order valence-electron chi connectivity index (χ3n) is 3.33. The Bertz CT molecular complexity index is 763. The number of halogens is 1. The third kappa shape index (κ3) is 2.68. The maximum absolute atomic E-state index is 12.5. The van der Waals surface area contributed by atoms with Crippen LogP contribution in [0.25, 0.3) is 6.08 Å². The fourth-order valence-corrected chi connectivity index (χ4v) is 2.60.